The molecule has 1 spiro atoms. The first-order valence-electron chi connectivity index (χ1n) is 7.18. The lowest BCUT2D eigenvalue weighted by Crippen LogP contribution is -2.44. The summed E-state index contributed by atoms with van der Waals surface area (Å²) in [5, 5.41) is 0. The zero-order chi connectivity index (χ0) is 14.9. The maximum atomic E-state index is 6.23. The van der Waals surface area contributed by atoms with Crippen molar-refractivity contribution in [3.05, 3.63) is 26.6 Å². The zero-order valence-corrected chi connectivity index (χ0v) is 14.9. The van der Waals surface area contributed by atoms with Crippen LogP contribution in [0.5, 0.6) is 5.75 Å². The van der Waals surface area contributed by atoms with Crippen molar-refractivity contribution < 1.29 is 14.2 Å². The third-order valence-electron chi connectivity index (χ3n) is 4.09. The van der Waals surface area contributed by atoms with Gasteiger partial charge in [-0.25, -0.2) is 0 Å². The SMILES string of the molecule is NCc1cc(Br)c(OC2CCOC3(CCOC3)C2)c(Br)c1. The van der Waals surface area contributed by atoms with Crippen molar-refractivity contribution in [2.45, 2.75) is 37.5 Å². The van der Waals surface area contributed by atoms with Crippen LogP contribution in [0.25, 0.3) is 0 Å². The molecule has 4 nitrogen and oxygen atoms in total. The predicted octanol–water partition coefficient (Wildman–Crippen LogP) is 3.39. The van der Waals surface area contributed by atoms with E-state index < -0.39 is 0 Å². The lowest BCUT2D eigenvalue weighted by molar-refractivity contribution is -0.112. The van der Waals surface area contributed by atoms with Crippen LogP contribution < -0.4 is 10.5 Å². The van der Waals surface area contributed by atoms with Gasteiger partial charge in [0.25, 0.3) is 0 Å². The number of rotatable bonds is 3. The molecule has 21 heavy (non-hydrogen) atoms. The molecule has 0 aliphatic carbocycles. The van der Waals surface area contributed by atoms with Gasteiger partial charge >= 0.3 is 0 Å². The Bertz CT molecular complexity index is 495. The molecule has 116 valence electrons. The molecule has 6 heteroatoms. The molecule has 1 aromatic rings. The van der Waals surface area contributed by atoms with Crippen LogP contribution >= 0.6 is 31.9 Å². The van der Waals surface area contributed by atoms with Crippen molar-refractivity contribution in [3.63, 3.8) is 0 Å². The van der Waals surface area contributed by atoms with Gasteiger partial charge in [0.1, 0.15) is 11.9 Å². The third kappa shape index (κ3) is 3.45. The molecule has 2 saturated heterocycles. The van der Waals surface area contributed by atoms with Gasteiger partial charge in [0, 0.05) is 32.4 Å². The van der Waals surface area contributed by atoms with E-state index in [-0.39, 0.29) is 11.7 Å². The minimum Gasteiger partial charge on any atom is -0.488 e. The van der Waals surface area contributed by atoms with E-state index in [1.54, 1.807) is 0 Å². The second-order valence-electron chi connectivity index (χ2n) is 5.66. The van der Waals surface area contributed by atoms with Crippen LogP contribution in [0.15, 0.2) is 21.1 Å². The van der Waals surface area contributed by atoms with Crippen LogP contribution in [0.3, 0.4) is 0 Å². The molecular formula is C15H19Br2NO3. The molecule has 0 amide bonds. The molecule has 0 bridgehead atoms. The van der Waals surface area contributed by atoms with E-state index in [1.807, 2.05) is 12.1 Å². The molecule has 0 aromatic heterocycles. The molecule has 0 radical (unpaired) electrons. The van der Waals surface area contributed by atoms with Gasteiger partial charge in [-0.15, -0.1) is 0 Å². The summed E-state index contributed by atoms with van der Waals surface area (Å²) in [5.74, 6) is 0.841. The van der Waals surface area contributed by atoms with Crippen LogP contribution in [-0.2, 0) is 16.0 Å². The van der Waals surface area contributed by atoms with E-state index in [0.717, 1.165) is 52.7 Å². The highest BCUT2D eigenvalue weighted by molar-refractivity contribution is 9.11. The van der Waals surface area contributed by atoms with Gasteiger partial charge in [-0.1, -0.05) is 0 Å². The lowest BCUT2D eigenvalue weighted by Gasteiger charge is -2.37. The molecule has 1 aromatic carbocycles. The number of benzene rings is 1. The summed E-state index contributed by atoms with van der Waals surface area (Å²) in [6.45, 7) is 2.70. The normalized spacial score (nSPS) is 29.0. The highest BCUT2D eigenvalue weighted by atomic mass is 79.9. The number of ether oxygens (including phenoxy) is 3. The average Bonchev–Trinajstić information content (AvgIpc) is 2.90. The summed E-state index contributed by atoms with van der Waals surface area (Å²) < 4.78 is 19.5. The fraction of sp³-hybridized carbons (Fsp3) is 0.600. The van der Waals surface area contributed by atoms with E-state index in [9.17, 15) is 0 Å². The lowest BCUT2D eigenvalue weighted by atomic mass is 9.91. The molecule has 2 fully saturated rings. The maximum Gasteiger partial charge on any atom is 0.148 e. The Morgan fingerprint density at radius 2 is 2.05 bits per heavy atom. The minimum absolute atomic E-state index is 0.140. The van der Waals surface area contributed by atoms with Crippen molar-refractivity contribution in [1.82, 2.24) is 0 Å². The summed E-state index contributed by atoms with van der Waals surface area (Å²) in [6.07, 6.45) is 2.89. The largest absolute Gasteiger partial charge is 0.488 e. The summed E-state index contributed by atoms with van der Waals surface area (Å²) in [7, 11) is 0. The van der Waals surface area contributed by atoms with E-state index in [1.165, 1.54) is 0 Å². The molecule has 2 atom stereocenters. The Labute approximate surface area is 141 Å². The summed E-state index contributed by atoms with van der Waals surface area (Å²) >= 11 is 7.15. The summed E-state index contributed by atoms with van der Waals surface area (Å²) in [6, 6.07) is 4.02. The second kappa shape index (κ2) is 6.54. The molecule has 2 aliphatic rings. The molecule has 2 heterocycles. The monoisotopic (exact) mass is 419 g/mol. The third-order valence-corrected chi connectivity index (χ3v) is 5.27. The number of hydrogen-bond acceptors (Lipinski definition) is 4. The van der Waals surface area contributed by atoms with Crippen molar-refractivity contribution >= 4 is 31.9 Å². The number of hydrogen-bond donors (Lipinski definition) is 1. The quantitative estimate of drug-likeness (QED) is 0.814. The van der Waals surface area contributed by atoms with Crippen LogP contribution in [0, 0.1) is 0 Å². The van der Waals surface area contributed by atoms with Crippen LogP contribution in [-0.4, -0.2) is 31.5 Å². The van der Waals surface area contributed by atoms with E-state index in [2.05, 4.69) is 31.9 Å². The molecule has 0 saturated carbocycles. The van der Waals surface area contributed by atoms with Gasteiger partial charge in [-0.3, -0.25) is 0 Å². The van der Waals surface area contributed by atoms with Gasteiger partial charge in [0.05, 0.1) is 27.8 Å². The first-order valence-corrected chi connectivity index (χ1v) is 8.77. The van der Waals surface area contributed by atoms with Gasteiger partial charge in [0.2, 0.25) is 0 Å². The molecule has 2 unspecified atom stereocenters. The van der Waals surface area contributed by atoms with Crippen LogP contribution in [0.4, 0.5) is 0 Å². The minimum atomic E-state index is -0.140. The Morgan fingerprint density at radius 3 is 2.67 bits per heavy atom. The second-order valence-corrected chi connectivity index (χ2v) is 7.37. The Hall–Kier alpha value is -0.140. The fourth-order valence-corrected chi connectivity index (χ4v) is 4.42. The highest BCUT2D eigenvalue weighted by Crippen LogP contribution is 2.39. The Kier molecular flexibility index (Phi) is 4.90. The maximum absolute atomic E-state index is 6.23. The highest BCUT2D eigenvalue weighted by Gasteiger charge is 2.42. The first kappa shape index (κ1) is 15.7. The van der Waals surface area contributed by atoms with Crippen molar-refractivity contribution in [2.24, 2.45) is 5.73 Å². The fourth-order valence-electron chi connectivity index (χ4n) is 2.96. The van der Waals surface area contributed by atoms with Crippen LogP contribution in [0.2, 0.25) is 0 Å². The zero-order valence-electron chi connectivity index (χ0n) is 11.7. The molecular weight excluding hydrogens is 402 g/mol. The van der Waals surface area contributed by atoms with Crippen LogP contribution in [0.1, 0.15) is 24.8 Å². The standard InChI is InChI=1S/C15H19Br2NO3/c16-12-5-10(8-18)6-13(17)14(12)21-11-1-3-20-15(7-11)2-4-19-9-15/h5-6,11H,1-4,7-9,18H2. The van der Waals surface area contributed by atoms with Gasteiger partial charge in [-0.05, 0) is 49.6 Å². The van der Waals surface area contributed by atoms with Gasteiger partial charge in [0.15, 0.2) is 0 Å². The van der Waals surface area contributed by atoms with E-state index >= 15 is 0 Å². The number of halogens is 2. The molecule has 2 N–H and O–H groups in total. The summed E-state index contributed by atoms with van der Waals surface area (Å²) in [4.78, 5) is 0. The predicted molar refractivity (Wildman–Crippen MR) is 87.5 cm³/mol. The van der Waals surface area contributed by atoms with Gasteiger partial charge < -0.3 is 19.9 Å². The molecule has 3 rings (SSSR count). The first-order chi connectivity index (χ1) is 10.1. The van der Waals surface area contributed by atoms with E-state index in [0.29, 0.717) is 13.2 Å². The molecule has 2 aliphatic heterocycles. The van der Waals surface area contributed by atoms with Crippen molar-refractivity contribution in [1.29, 1.82) is 0 Å². The van der Waals surface area contributed by atoms with Gasteiger partial charge in [-0.2, -0.15) is 0 Å². The summed E-state index contributed by atoms with van der Waals surface area (Å²) in [5.41, 5.74) is 6.61. The average molecular weight is 421 g/mol. The Balaban J connectivity index is 1.74. The van der Waals surface area contributed by atoms with Crippen molar-refractivity contribution in [3.8, 4) is 5.75 Å². The van der Waals surface area contributed by atoms with E-state index in [4.69, 9.17) is 19.9 Å². The topological polar surface area (TPSA) is 53.7 Å². The Morgan fingerprint density at radius 1 is 1.29 bits per heavy atom. The van der Waals surface area contributed by atoms with Crippen molar-refractivity contribution in [2.75, 3.05) is 19.8 Å². The number of nitrogens with two attached hydrogens (primary N) is 1. The smallest absolute Gasteiger partial charge is 0.148 e.